The maximum absolute atomic E-state index is 5.55. The molecule has 0 spiro atoms. The Bertz CT molecular complexity index is 203. The molecule has 0 saturated heterocycles. The van der Waals surface area contributed by atoms with Crippen LogP contribution >= 0.6 is 0 Å². The van der Waals surface area contributed by atoms with Gasteiger partial charge in [-0.05, 0) is 45.6 Å². The van der Waals surface area contributed by atoms with Crippen molar-refractivity contribution in [3.63, 3.8) is 0 Å². The minimum Gasteiger partial charge on any atom is -0.378 e. The van der Waals surface area contributed by atoms with E-state index >= 15 is 0 Å². The predicted octanol–water partition coefficient (Wildman–Crippen LogP) is 2.19. The summed E-state index contributed by atoms with van der Waals surface area (Å²) in [7, 11) is 2.03. The van der Waals surface area contributed by atoms with Crippen molar-refractivity contribution in [1.82, 2.24) is 5.32 Å². The average molecular weight is 209 g/mol. The Morgan fingerprint density at radius 2 is 2.27 bits per heavy atom. The van der Waals surface area contributed by atoms with Gasteiger partial charge in [0.15, 0.2) is 0 Å². The minimum absolute atomic E-state index is 0.533. The second kappa shape index (κ2) is 6.87. The smallest absolute Gasteiger partial charge is 0.0580 e. The molecule has 1 N–H and O–H groups in total. The lowest BCUT2D eigenvalue weighted by Crippen LogP contribution is -2.37. The van der Waals surface area contributed by atoms with Gasteiger partial charge in [-0.25, -0.2) is 0 Å². The van der Waals surface area contributed by atoms with Gasteiger partial charge in [-0.15, -0.1) is 12.3 Å². The summed E-state index contributed by atoms with van der Waals surface area (Å²) in [4.78, 5) is 0. The molecule has 1 fully saturated rings. The molecule has 15 heavy (non-hydrogen) atoms. The quantitative estimate of drug-likeness (QED) is 0.649. The van der Waals surface area contributed by atoms with Gasteiger partial charge in [-0.3, -0.25) is 0 Å². The van der Waals surface area contributed by atoms with Gasteiger partial charge in [0.25, 0.3) is 0 Å². The first-order valence-corrected chi connectivity index (χ1v) is 6.02. The molecule has 0 aliphatic heterocycles. The molecular weight excluding hydrogens is 186 g/mol. The molecule has 0 heterocycles. The zero-order chi connectivity index (χ0) is 11.1. The van der Waals surface area contributed by atoms with Crippen molar-refractivity contribution in [1.29, 1.82) is 0 Å². The number of hydrogen-bond acceptors (Lipinski definition) is 2. The average Bonchev–Trinajstić information content (AvgIpc) is 2.20. The maximum Gasteiger partial charge on any atom is 0.0580 e. The number of hydrogen-bond donors (Lipinski definition) is 1. The van der Waals surface area contributed by atoms with Crippen LogP contribution in [0.4, 0.5) is 0 Å². The highest BCUT2D eigenvalue weighted by Gasteiger charge is 2.30. The lowest BCUT2D eigenvalue weighted by molar-refractivity contribution is -0.0290. The monoisotopic (exact) mass is 209 g/mol. The van der Waals surface area contributed by atoms with E-state index in [2.05, 4.69) is 18.2 Å². The van der Waals surface area contributed by atoms with Gasteiger partial charge in [-0.1, -0.05) is 0 Å². The van der Waals surface area contributed by atoms with E-state index in [1.165, 1.54) is 19.3 Å². The Labute approximate surface area is 93.8 Å². The summed E-state index contributed by atoms with van der Waals surface area (Å²) < 4.78 is 5.55. The van der Waals surface area contributed by atoms with Crippen molar-refractivity contribution in [3.8, 4) is 12.3 Å². The van der Waals surface area contributed by atoms with Crippen LogP contribution in [-0.4, -0.2) is 25.8 Å². The number of ether oxygens (including phenoxy) is 1. The fraction of sp³-hybridized carbons (Fsp3) is 0.846. The summed E-state index contributed by atoms with van der Waals surface area (Å²) in [6.45, 7) is 2.92. The molecule has 1 saturated carbocycles. The predicted molar refractivity (Wildman–Crippen MR) is 63.7 cm³/mol. The third kappa shape index (κ3) is 4.24. The molecular formula is C13H23NO. The SMILES string of the molecule is C#CCCC(CC1CC(OCC)C1)NC. The standard InChI is InChI=1S/C13H23NO/c1-4-6-7-12(14-3)8-11-9-13(10-11)15-5-2/h1,11-14H,5-10H2,2-3H3. The van der Waals surface area contributed by atoms with Crippen LogP contribution in [0.1, 0.15) is 39.0 Å². The van der Waals surface area contributed by atoms with Crippen LogP contribution in [0.15, 0.2) is 0 Å². The van der Waals surface area contributed by atoms with Gasteiger partial charge in [0, 0.05) is 19.1 Å². The normalized spacial score (nSPS) is 26.7. The topological polar surface area (TPSA) is 21.3 Å². The Morgan fingerprint density at radius 1 is 1.53 bits per heavy atom. The summed E-state index contributed by atoms with van der Waals surface area (Å²) in [5.74, 6) is 3.55. The van der Waals surface area contributed by atoms with Crippen LogP contribution in [0.3, 0.4) is 0 Å². The zero-order valence-corrected chi connectivity index (χ0v) is 9.96. The second-order valence-electron chi connectivity index (χ2n) is 4.38. The van der Waals surface area contributed by atoms with E-state index in [1.54, 1.807) is 0 Å². The Morgan fingerprint density at radius 3 is 2.80 bits per heavy atom. The van der Waals surface area contributed by atoms with Crippen LogP contribution in [0.25, 0.3) is 0 Å². The summed E-state index contributed by atoms with van der Waals surface area (Å²) in [5, 5.41) is 3.35. The molecule has 2 nitrogen and oxygen atoms in total. The van der Waals surface area contributed by atoms with Crippen LogP contribution in [0.2, 0.25) is 0 Å². The van der Waals surface area contributed by atoms with E-state index in [4.69, 9.17) is 11.2 Å². The molecule has 0 aromatic heterocycles. The van der Waals surface area contributed by atoms with Crippen LogP contribution < -0.4 is 5.32 Å². The van der Waals surface area contributed by atoms with E-state index in [-0.39, 0.29) is 0 Å². The second-order valence-corrected chi connectivity index (χ2v) is 4.38. The lowest BCUT2D eigenvalue weighted by Gasteiger charge is -2.37. The Kier molecular flexibility index (Phi) is 5.75. The molecule has 1 rings (SSSR count). The summed E-state index contributed by atoms with van der Waals surface area (Å²) >= 11 is 0. The molecule has 86 valence electrons. The van der Waals surface area contributed by atoms with Gasteiger partial charge in [0.05, 0.1) is 6.10 Å². The molecule has 0 bridgehead atoms. The highest BCUT2D eigenvalue weighted by molar-refractivity contribution is 4.88. The van der Waals surface area contributed by atoms with Gasteiger partial charge in [0.1, 0.15) is 0 Å². The number of terminal acetylenes is 1. The largest absolute Gasteiger partial charge is 0.378 e. The van der Waals surface area contributed by atoms with Crippen molar-refractivity contribution in [2.75, 3.05) is 13.7 Å². The van der Waals surface area contributed by atoms with Gasteiger partial charge in [0.2, 0.25) is 0 Å². The van der Waals surface area contributed by atoms with Gasteiger partial charge < -0.3 is 10.1 Å². The van der Waals surface area contributed by atoms with Crippen LogP contribution in [0, 0.1) is 18.3 Å². The Balaban J connectivity index is 2.10. The third-order valence-corrected chi connectivity index (χ3v) is 3.26. The first-order valence-electron chi connectivity index (χ1n) is 6.02. The first kappa shape index (κ1) is 12.5. The molecule has 0 aromatic rings. The van der Waals surface area contributed by atoms with Crippen LogP contribution in [-0.2, 0) is 4.74 Å². The summed E-state index contributed by atoms with van der Waals surface area (Å²) in [6.07, 6.45) is 11.5. The zero-order valence-electron chi connectivity index (χ0n) is 9.96. The molecule has 1 aliphatic carbocycles. The Hall–Kier alpha value is -0.520. The molecule has 2 heteroatoms. The summed E-state index contributed by atoms with van der Waals surface area (Å²) in [5.41, 5.74) is 0. The number of rotatable bonds is 7. The number of nitrogens with one attached hydrogen (secondary N) is 1. The minimum atomic E-state index is 0.533. The van der Waals surface area contributed by atoms with Crippen molar-refractivity contribution in [3.05, 3.63) is 0 Å². The molecule has 1 aliphatic rings. The maximum atomic E-state index is 5.55. The fourth-order valence-electron chi connectivity index (χ4n) is 2.28. The summed E-state index contributed by atoms with van der Waals surface area (Å²) in [6, 6.07) is 0.591. The highest BCUT2D eigenvalue weighted by Crippen LogP contribution is 2.34. The molecule has 1 atom stereocenters. The van der Waals surface area contributed by atoms with E-state index in [0.717, 1.165) is 25.4 Å². The van der Waals surface area contributed by atoms with Gasteiger partial charge in [-0.2, -0.15) is 0 Å². The van der Waals surface area contributed by atoms with E-state index < -0.39 is 0 Å². The molecule has 0 amide bonds. The molecule has 0 radical (unpaired) electrons. The van der Waals surface area contributed by atoms with Crippen molar-refractivity contribution in [2.45, 2.75) is 51.2 Å². The van der Waals surface area contributed by atoms with E-state index in [0.29, 0.717) is 12.1 Å². The molecule has 1 unspecified atom stereocenters. The van der Waals surface area contributed by atoms with Crippen LogP contribution in [0.5, 0.6) is 0 Å². The third-order valence-electron chi connectivity index (χ3n) is 3.26. The first-order chi connectivity index (χ1) is 7.30. The fourth-order valence-corrected chi connectivity index (χ4v) is 2.28. The van der Waals surface area contributed by atoms with Crippen molar-refractivity contribution < 1.29 is 4.74 Å². The van der Waals surface area contributed by atoms with Gasteiger partial charge >= 0.3 is 0 Å². The van der Waals surface area contributed by atoms with Crippen molar-refractivity contribution in [2.24, 2.45) is 5.92 Å². The lowest BCUT2D eigenvalue weighted by atomic mass is 9.77. The van der Waals surface area contributed by atoms with E-state index in [1.807, 2.05) is 7.05 Å². The highest BCUT2D eigenvalue weighted by atomic mass is 16.5. The van der Waals surface area contributed by atoms with E-state index in [9.17, 15) is 0 Å². The molecule has 0 aromatic carbocycles. The van der Waals surface area contributed by atoms with Crippen molar-refractivity contribution >= 4 is 0 Å².